The van der Waals surface area contributed by atoms with Gasteiger partial charge in [0, 0.05) is 12.1 Å². The molecule has 28 heavy (non-hydrogen) atoms. The third-order valence-electron chi connectivity index (χ3n) is 5.26. The van der Waals surface area contributed by atoms with Crippen LogP contribution in [0.1, 0.15) is 56.6 Å². The Hall–Kier alpha value is -2.20. The normalized spacial score (nSPS) is 11.0. The van der Waals surface area contributed by atoms with Gasteiger partial charge in [-0.05, 0) is 42.6 Å². The van der Waals surface area contributed by atoms with Crippen LogP contribution in [0.25, 0.3) is 11.4 Å². The summed E-state index contributed by atoms with van der Waals surface area (Å²) >= 11 is 5.46. The smallest absolute Gasteiger partial charge is 0.195 e. The summed E-state index contributed by atoms with van der Waals surface area (Å²) in [5, 5.41) is 7.44. The molecule has 0 saturated carbocycles. The number of H-pyrrole nitrogens is 1. The van der Waals surface area contributed by atoms with Crippen LogP contribution in [0.15, 0.2) is 54.6 Å². The molecule has 0 fully saturated rings. The molecule has 0 atom stereocenters. The van der Waals surface area contributed by atoms with Crippen molar-refractivity contribution in [1.82, 2.24) is 14.8 Å². The van der Waals surface area contributed by atoms with Crippen molar-refractivity contribution >= 4 is 12.2 Å². The van der Waals surface area contributed by atoms with Crippen LogP contribution in [0.2, 0.25) is 0 Å². The molecule has 0 aliphatic heterocycles. The van der Waals surface area contributed by atoms with Crippen molar-refractivity contribution < 1.29 is 0 Å². The van der Waals surface area contributed by atoms with E-state index in [9.17, 15) is 0 Å². The van der Waals surface area contributed by atoms with Gasteiger partial charge in [-0.3, -0.25) is 9.67 Å². The Morgan fingerprint density at radius 2 is 1.50 bits per heavy atom. The Labute approximate surface area is 173 Å². The van der Waals surface area contributed by atoms with E-state index in [4.69, 9.17) is 12.2 Å². The summed E-state index contributed by atoms with van der Waals surface area (Å²) < 4.78 is 2.78. The van der Waals surface area contributed by atoms with Gasteiger partial charge in [0.1, 0.15) is 0 Å². The van der Waals surface area contributed by atoms with Crippen LogP contribution in [-0.4, -0.2) is 14.8 Å². The standard InChI is InChI=1S/C24H31N3S/c1-2-3-4-5-6-8-13-21-14-16-22(17-15-21)23-25-26-24(28)27(23)19-18-20-11-9-7-10-12-20/h7,9-12,14-17H,2-6,8,13,18-19H2,1H3,(H,26,28). The van der Waals surface area contributed by atoms with Crippen molar-refractivity contribution in [2.45, 2.75) is 64.8 Å². The van der Waals surface area contributed by atoms with E-state index in [0.717, 1.165) is 30.8 Å². The highest BCUT2D eigenvalue weighted by Gasteiger charge is 2.09. The average molecular weight is 394 g/mol. The van der Waals surface area contributed by atoms with Crippen molar-refractivity contribution in [3.63, 3.8) is 0 Å². The lowest BCUT2D eigenvalue weighted by atomic mass is 10.0. The first kappa shape index (κ1) is 20.5. The zero-order chi connectivity index (χ0) is 19.6. The summed E-state index contributed by atoms with van der Waals surface area (Å²) in [6.45, 7) is 3.09. The van der Waals surface area contributed by atoms with Crippen molar-refractivity contribution in [1.29, 1.82) is 0 Å². The van der Waals surface area contributed by atoms with E-state index in [2.05, 4.69) is 70.2 Å². The molecule has 0 unspecified atom stereocenters. The molecule has 0 bridgehead atoms. The lowest BCUT2D eigenvalue weighted by molar-refractivity contribution is 0.607. The first-order chi connectivity index (χ1) is 13.8. The van der Waals surface area contributed by atoms with Gasteiger partial charge in [-0.15, -0.1) is 0 Å². The monoisotopic (exact) mass is 393 g/mol. The number of nitrogens with one attached hydrogen (secondary N) is 1. The van der Waals surface area contributed by atoms with Gasteiger partial charge in [-0.25, -0.2) is 0 Å². The Morgan fingerprint density at radius 1 is 0.821 bits per heavy atom. The molecule has 3 aromatic rings. The van der Waals surface area contributed by atoms with Crippen molar-refractivity contribution in [3.05, 3.63) is 70.5 Å². The number of hydrogen-bond acceptors (Lipinski definition) is 2. The molecule has 1 N–H and O–H groups in total. The second-order valence-electron chi connectivity index (χ2n) is 7.45. The predicted molar refractivity (Wildman–Crippen MR) is 120 cm³/mol. The molecule has 0 aliphatic rings. The lowest BCUT2D eigenvalue weighted by Gasteiger charge is -2.08. The Kier molecular flexibility index (Phi) is 8.04. The summed E-state index contributed by atoms with van der Waals surface area (Å²) in [5.41, 5.74) is 3.84. The summed E-state index contributed by atoms with van der Waals surface area (Å²) in [4.78, 5) is 0. The zero-order valence-electron chi connectivity index (χ0n) is 16.9. The fourth-order valence-electron chi connectivity index (χ4n) is 3.56. The summed E-state index contributed by atoms with van der Waals surface area (Å²) in [5.74, 6) is 0.923. The highest BCUT2D eigenvalue weighted by molar-refractivity contribution is 7.71. The molecule has 2 aromatic carbocycles. The van der Waals surface area contributed by atoms with Gasteiger partial charge in [0.25, 0.3) is 0 Å². The average Bonchev–Trinajstić information content (AvgIpc) is 3.10. The number of unbranched alkanes of at least 4 members (excludes halogenated alkanes) is 5. The third-order valence-corrected chi connectivity index (χ3v) is 5.57. The second-order valence-corrected chi connectivity index (χ2v) is 7.84. The van der Waals surface area contributed by atoms with E-state index in [1.807, 2.05) is 6.07 Å². The van der Waals surface area contributed by atoms with Crippen LogP contribution in [0.4, 0.5) is 0 Å². The summed E-state index contributed by atoms with van der Waals surface area (Å²) in [6.07, 6.45) is 10.1. The zero-order valence-corrected chi connectivity index (χ0v) is 17.7. The SMILES string of the molecule is CCCCCCCCc1ccc(-c2n[nH]c(=S)n2CCc2ccccc2)cc1. The molecular formula is C24H31N3S. The Bertz CT molecular complexity index is 878. The maximum absolute atomic E-state index is 5.46. The van der Waals surface area contributed by atoms with Gasteiger partial charge in [0.05, 0.1) is 0 Å². The predicted octanol–water partition coefficient (Wildman–Crippen LogP) is 6.75. The molecule has 3 nitrogen and oxygen atoms in total. The third kappa shape index (κ3) is 5.90. The van der Waals surface area contributed by atoms with E-state index in [1.54, 1.807) is 0 Å². The molecule has 4 heteroatoms. The van der Waals surface area contributed by atoms with Crippen molar-refractivity contribution in [3.8, 4) is 11.4 Å². The minimum absolute atomic E-state index is 0.682. The first-order valence-electron chi connectivity index (χ1n) is 10.6. The van der Waals surface area contributed by atoms with Crippen LogP contribution in [-0.2, 0) is 19.4 Å². The number of aryl methyl sites for hydroxylation is 2. The van der Waals surface area contributed by atoms with Crippen LogP contribution in [0, 0.1) is 4.77 Å². The largest absolute Gasteiger partial charge is 0.300 e. The van der Waals surface area contributed by atoms with E-state index < -0.39 is 0 Å². The van der Waals surface area contributed by atoms with E-state index >= 15 is 0 Å². The van der Waals surface area contributed by atoms with E-state index in [1.165, 1.54) is 49.7 Å². The number of rotatable bonds is 11. The molecule has 1 aromatic heterocycles. The maximum Gasteiger partial charge on any atom is 0.195 e. The van der Waals surface area contributed by atoms with Gasteiger partial charge in [0.2, 0.25) is 0 Å². The lowest BCUT2D eigenvalue weighted by Crippen LogP contribution is -2.04. The highest BCUT2D eigenvalue weighted by atomic mass is 32.1. The quantitative estimate of drug-likeness (QED) is 0.289. The minimum atomic E-state index is 0.682. The van der Waals surface area contributed by atoms with Gasteiger partial charge in [-0.2, -0.15) is 5.10 Å². The molecule has 0 saturated heterocycles. The first-order valence-corrected chi connectivity index (χ1v) is 11.0. The molecule has 0 amide bonds. The number of benzene rings is 2. The van der Waals surface area contributed by atoms with Crippen LogP contribution >= 0.6 is 12.2 Å². The number of nitrogens with zero attached hydrogens (tertiary/aromatic N) is 2. The molecular weight excluding hydrogens is 362 g/mol. The topological polar surface area (TPSA) is 33.6 Å². The van der Waals surface area contributed by atoms with E-state index in [-0.39, 0.29) is 0 Å². The maximum atomic E-state index is 5.46. The summed E-state index contributed by atoms with van der Waals surface area (Å²) in [7, 11) is 0. The van der Waals surface area contributed by atoms with Crippen LogP contribution in [0.5, 0.6) is 0 Å². The molecule has 3 rings (SSSR count). The van der Waals surface area contributed by atoms with Crippen LogP contribution < -0.4 is 0 Å². The molecule has 0 spiro atoms. The number of aromatic nitrogens is 3. The van der Waals surface area contributed by atoms with Crippen molar-refractivity contribution in [2.24, 2.45) is 0 Å². The molecule has 1 heterocycles. The molecule has 0 aliphatic carbocycles. The Morgan fingerprint density at radius 3 is 2.25 bits per heavy atom. The van der Waals surface area contributed by atoms with E-state index in [0.29, 0.717) is 4.77 Å². The van der Waals surface area contributed by atoms with Gasteiger partial charge >= 0.3 is 0 Å². The fourth-order valence-corrected chi connectivity index (χ4v) is 3.78. The number of aromatic amines is 1. The fraction of sp³-hybridized carbons (Fsp3) is 0.417. The van der Waals surface area contributed by atoms with Gasteiger partial charge in [-0.1, -0.05) is 93.6 Å². The number of hydrogen-bond donors (Lipinski definition) is 1. The highest BCUT2D eigenvalue weighted by Crippen LogP contribution is 2.20. The molecule has 0 radical (unpaired) electrons. The van der Waals surface area contributed by atoms with Gasteiger partial charge < -0.3 is 0 Å². The minimum Gasteiger partial charge on any atom is -0.300 e. The molecule has 148 valence electrons. The Balaban J connectivity index is 1.58. The van der Waals surface area contributed by atoms with Crippen LogP contribution in [0.3, 0.4) is 0 Å². The summed E-state index contributed by atoms with van der Waals surface area (Å²) in [6, 6.07) is 19.3. The second kappa shape index (κ2) is 11.0. The van der Waals surface area contributed by atoms with Crippen molar-refractivity contribution in [2.75, 3.05) is 0 Å². The van der Waals surface area contributed by atoms with Gasteiger partial charge in [0.15, 0.2) is 10.6 Å².